The first-order chi connectivity index (χ1) is 9.12. The van der Waals surface area contributed by atoms with E-state index in [1.165, 1.54) is 0 Å². The van der Waals surface area contributed by atoms with E-state index in [9.17, 15) is 9.90 Å². The molecule has 0 amide bonds. The van der Waals surface area contributed by atoms with Crippen LogP contribution in [0.25, 0.3) is 0 Å². The van der Waals surface area contributed by atoms with Crippen LogP contribution in [-0.4, -0.2) is 20.9 Å². The molecule has 1 atom stereocenters. The molecule has 3 rings (SSSR count). The topological polar surface area (TPSA) is 55.1 Å². The summed E-state index contributed by atoms with van der Waals surface area (Å²) in [6.45, 7) is 0. The van der Waals surface area contributed by atoms with E-state index in [2.05, 4.69) is 5.10 Å². The zero-order valence-corrected chi connectivity index (χ0v) is 10.8. The van der Waals surface area contributed by atoms with Crippen molar-refractivity contribution in [2.24, 2.45) is 7.05 Å². The molecule has 1 aromatic carbocycles. The van der Waals surface area contributed by atoms with Crippen LogP contribution in [-0.2, 0) is 30.1 Å². The number of hydrogen-bond acceptors (Lipinski definition) is 2. The van der Waals surface area contributed by atoms with E-state index in [0.29, 0.717) is 12.8 Å². The molecule has 1 aromatic heterocycles. The minimum atomic E-state index is -0.792. The van der Waals surface area contributed by atoms with Gasteiger partial charge in [0.05, 0.1) is 11.6 Å². The number of hydrogen-bond donors (Lipinski definition) is 1. The van der Waals surface area contributed by atoms with Gasteiger partial charge in [-0.1, -0.05) is 24.3 Å². The van der Waals surface area contributed by atoms with Gasteiger partial charge in [-0.05, 0) is 36.0 Å². The third-order valence-corrected chi connectivity index (χ3v) is 4.03. The molecule has 1 unspecified atom stereocenters. The summed E-state index contributed by atoms with van der Waals surface area (Å²) >= 11 is 0. The minimum absolute atomic E-state index is 0.507. The molecular weight excluding hydrogens is 240 g/mol. The fourth-order valence-corrected chi connectivity index (χ4v) is 3.08. The third kappa shape index (κ3) is 1.84. The van der Waals surface area contributed by atoms with E-state index in [4.69, 9.17) is 0 Å². The lowest BCUT2D eigenvalue weighted by Gasteiger charge is -2.25. The van der Waals surface area contributed by atoms with Crippen molar-refractivity contribution in [2.75, 3.05) is 0 Å². The SMILES string of the molecule is Cn1cc(CC2(C(=O)O)CCc3ccccc32)cn1. The summed E-state index contributed by atoms with van der Waals surface area (Å²) in [5.41, 5.74) is 2.31. The number of fused-ring (bicyclic) bond motifs is 1. The summed E-state index contributed by atoms with van der Waals surface area (Å²) < 4.78 is 1.71. The molecule has 0 fully saturated rings. The smallest absolute Gasteiger partial charge is 0.314 e. The summed E-state index contributed by atoms with van der Waals surface area (Å²) in [4.78, 5) is 11.9. The molecule has 0 spiro atoms. The van der Waals surface area contributed by atoms with Crippen molar-refractivity contribution in [1.82, 2.24) is 9.78 Å². The van der Waals surface area contributed by atoms with Gasteiger partial charge >= 0.3 is 5.97 Å². The Balaban J connectivity index is 2.04. The first-order valence-electron chi connectivity index (χ1n) is 6.41. The van der Waals surface area contributed by atoms with Crippen LogP contribution < -0.4 is 0 Å². The van der Waals surface area contributed by atoms with E-state index in [1.54, 1.807) is 10.9 Å². The van der Waals surface area contributed by atoms with Crippen LogP contribution >= 0.6 is 0 Å². The highest BCUT2D eigenvalue weighted by Crippen LogP contribution is 2.41. The van der Waals surface area contributed by atoms with Gasteiger partial charge in [-0.15, -0.1) is 0 Å². The Hall–Kier alpha value is -2.10. The summed E-state index contributed by atoms with van der Waals surface area (Å²) in [5.74, 6) is -0.735. The van der Waals surface area contributed by atoms with Crippen molar-refractivity contribution in [2.45, 2.75) is 24.7 Å². The van der Waals surface area contributed by atoms with Crippen LogP contribution in [0.4, 0.5) is 0 Å². The Labute approximate surface area is 111 Å². The van der Waals surface area contributed by atoms with Gasteiger partial charge < -0.3 is 5.11 Å². The molecule has 4 heteroatoms. The Morgan fingerprint density at radius 3 is 2.95 bits per heavy atom. The van der Waals surface area contributed by atoms with Crippen molar-refractivity contribution < 1.29 is 9.90 Å². The van der Waals surface area contributed by atoms with Gasteiger partial charge in [0.15, 0.2) is 0 Å². The largest absolute Gasteiger partial charge is 0.481 e. The number of aromatic nitrogens is 2. The fraction of sp³-hybridized carbons (Fsp3) is 0.333. The Kier molecular flexibility index (Phi) is 2.66. The Morgan fingerprint density at radius 1 is 1.47 bits per heavy atom. The van der Waals surface area contributed by atoms with Crippen LogP contribution in [0.1, 0.15) is 23.1 Å². The second-order valence-corrected chi connectivity index (χ2v) is 5.24. The number of rotatable bonds is 3. The highest BCUT2D eigenvalue weighted by molar-refractivity contribution is 5.83. The Bertz CT molecular complexity index is 633. The molecule has 0 bridgehead atoms. The van der Waals surface area contributed by atoms with Crippen molar-refractivity contribution >= 4 is 5.97 Å². The highest BCUT2D eigenvalue weighted by atomic mass is 16.4. The van der Waals surface area contributed by atoms with Gasteiger partial charge in [-0.3, -0.25) is 9.48 Å². The van der Waals surface area contributed by atoms with Gasteiger partial charge in [-0.2, -0.15) is 5.10 Å². The van der Waals surface area contributed by atoms with Gasteiger partial charge in [0.2, 0.25) is 0 Å². The lowest BCUT2D eigenvalue weighted by atomic mass is 9.77. The van der Waals surface area contributed by atoms with Crippen LogP contribution in [0.2, 0.25) is 0 Å². The second-order valence-electron chi connectivity index (χ2n) is 5.24. The van der Waals surface area contributed by atoms with E-state index in [0.717, 1.165) is 23.1 Å². The standard InChI is InChI=1S/C15H16N2O2/c1-17-10-11(9-16-17)8-15(14(18)19)7-6-12-4-2-3-5-13(12)15/h2-5,9-10H,6-8H2,1H3,(H,18,19). The van der Waals surface area contributed by atoms with E-state index in [-0.39, 0.29) is 0 Å². The molecule has 1 aliphatic rings. The molecular formula is C15H16N2O2. The van der Waals surface area contributed by atoms with Gasteiger partial charge in [0.1, 0.15) is 0 Å². The van der Waals surface area contributed by atoms with Crippen molar-refractivity contribution in [3.05, 3.63) is 53.3 Å². The number of carboxylic acid groups (broad SMARTS) is 1. The normalized spacial score (nSPS) is 21.3. The average molecular weight is 256 g/mol. The fourth-order valence-electron chi connectivity index (χ4n) is 3.08. The number of carbonyl (C=O) groups is 1. The summed E-state index contributed by atoms with van der Waals surface area (Å²) in [6, 6.07) is 7.88. The molecule has 2 aromatic rings. The number of aryl methyl sites for hydroxylation is 2. The number of benzene rings is 1. The van der Waals surface area contributed by atoms with Gasteiger partial charge in [-0.25, -0.2) is 0 Å². The lowest BCUT2D eigenvalue weighted by Crippen LogP contribution is -2.35. The van der Waals surface area contributed by atoms with E-state index < -0.39 is 11.4 Å². The Morgan fingerprint density at radius 2 is 2.26 bits per heavy atom. The summed E-state index contributed by atoms with van der Waals surface area (Å²) in [5, 5.41) is 13.9. The third-order valence-electron chi connectivity index (χ3n) is 4.03. The van der Waals surface area contributed by atoms with Crippen LogP contribution in [0.5, 0.6) is 0 Å². The predicted octanol–water partition coefficient (Wildman–Crippen LogP) is 1.93. The number of nitrogens with zero attached hydrogens (tertiary/aromatic N) is 2. The summed E-state index contributed by atoms with van der Waals surface area (Å²) in [7, 11) is 1.85. The molecule has 0 aliphatic heterocycles. The van der Waals surface area contributed by atoms with Crippen molar-refractivity contribution in [1.29, 1.82) is 0 Å². The van der Waals surface area contributed by atoms with Crippen LogP contribution in [0.15, 0.2) is 36.7 Å². The molecule has 0 saturated heterocycles. The minimum Gasteiger partial charge on any atom is -0.481 e. The van der Waals surface area contributed by atoms with E-state index in [1.807, 2.05) is 37.5 Å². The maximum absolute atomic E-state index is 11.9. The lowest BCUT2D eigenvalue weighted by molar-refractivity contribution is -0.143. The molecule has 1 heterocycles. The molecule has 0 radical (unpaired) electrons. The maximum Gasteiger partial charge on any atom is 0.314 e. The quantitative estimate of drug-likeness (QED) is 0.913. The molecule has 1 aliphatic carbocycles. The number of carboxylic acids is 1. The first-order valence-corrected chi connectivity index (χ1v) is 6.41. The van der Waals surface area contributed by atoms with E-state index >= 15 is 0 Å². The zero-order chi connectivity index (χ0) is 13.5. The molecule has 1 N–H and O–H groups in total. The number of aliphatic carboxylic acids is 1. The monoisotopic (exact) mass is 256 g/mol. The highest BCUT2D eigenvalue weighted by Gasteiger charge is 2.45. The van der Waals surface area contributed by atoms with Crippen molar-refractivity contribution in [3.8, 4) is 0 Å². The maximum atomic E-state index is 11.9. The molecule has 19 heavy (non-hydrogen) atoms. The van der Waals surface area contributed by atoms with Crippen molar-refractivity contribution in [3.63, 3.8) is 0 Å². The average Bonchev–Trinajstić information content (AvgIpc) is 2.96. The first kappa shape index (κ1) is 12.0. The van der Waals surface area contributed by atoms with Gasteiger partial charge in [0, 0.05) is 13.2 Å². The predicted molar refractivity (Wildman–Crippen MR) is 71.0 cm³/mol. The summed E-state index contributed by atoms with van der Waals surface area (Å²) in [6.07, 6.45) is 5.66. The van der Waals surface area contributed by atoms with Crippen LogP contribution in [0.3, 0.4) is 0 Å². The van der Waals surface area contributed by atoms with Gasteiger partial charge in [0.25, 0.3) is 0 Å². The molecule has 98 valence electrons. The van der Waals surface area contributed by atoms with Crippen LogP contribution in [0, 0.1) is 0 Å². The molecule has 4 nitrogen and oxygen atoms in total. The second kappa shape index (κ2) is 4.23. The zero-order valence-electron chi connectivity index (χ0n) is 10.8. The molecule has 0 saturated carbocycles.